The van der Waals surface area contributed by atoms with Gasteiger partial charge in [0.15, 0.2) is 0 Å². The second-order valence-electron chi connectivity index (χ2n) is 3.55. The molecule has 0 fully saturated rings. The molecule has 14 heavy (non-hydrogen) atoms. The molecule has 1 rings (SSSR count). The van der Waals surface area contributed by atoms with Crippen molar-refractivity contribution >= 4 is 21.7 Å². The highest BCUT2D eigenvalue weighted by Gasteiger charge is 2.06. The fraction of sp³-hybridized carbons (Fsp3) is 0.600. The predicted molar refractivity (Wildman–Crippen MR) is 62.9 cm³/mol. The van der Waals surface area contributed by atoms with Gasteiger partial charge in [0.25, 0.3) is 0 Å². The Hall–Kier alpha value is -0.640. The van der Waals surface area contributed by atoms with E-state index in [1.54, 1.807) is 6.20 Å². The molecule has 3 nitrogen and oxygen atoms in total. The molecule has 0 bridgehead atoms. The van der Waals surface area contributed by atoms with Crippen molar-refractivity contribution in [3.8, 4) is 0 Å². The van der Waals surface area contributed by atoms with Crippen LogP contribution >= 0.6 is 15.9 Å². The molecule has 0 saturated carbocycles. The Labute approximate surface area is 93.5 Å². The molecule has 2 atom stereocenters. The molecule has 0 aromatic carbocycles. The van der Waals surface area contributed by atoms with Crippen molar-refractivity contribution in [1.82, 2.24) is 9.97 Å². The monoisotopic (exact) mass is 257 g/mol. The van der Waals surface area contributed by atoms with E-state index in [9.17, 15) is 0 Å². The Morgan fingerprint density at radius 3 is 2.79 bits per heavy atom. The van der Waals surface area contributed by atoms with Gasteiger partial charge in [-0.05, 0) is 26.3 Å². The number of rotatable bonds is 4. The quantitative estimate of drug-likeness (QED) is 0.844. The van der Waals surface area contributed by atoms with Crippen molar-refractivity contribution in [3.05, 3.63) is 18.1 Å². The zero-order chi connectivity index (χ0) is 10.6. The number of nitrogens with zero attached hydrogens (tertiary/aromatic N) is 2. The average molecular weight is 258 g/mol. The summed E-state index contributed by atoms with van der Waals surface area (Å²) in [6.07, 6.45) is 2.85. The molecule has 0 spiro atoms. The van der Waals surface area contributed by atoms with Crippen LogP contribution in [0.15, 0.2) is 12.3 Å². The van der Waals surface area contributed by atoms with Crippen molar-refractivity contribution in [1.29, 1.82) is 0 Å². The van der Waals surface area contributed by atoms with Crippen LogP contribution in [0.25, 0.3) is 0 Å². The molecule has 0 aliphatic carbocycles. The molecule has 0 amide bonds. The third-order valence-electron chi connectivity index (χ3n) is 1.85. The first-order valence-electron chi connectivity index (χ1n) is 4.78. The fourth-order valence-corrected chi connectivity index (χ4v) is 1.90. The second-order valence-corrected chi connectivity index (χ2v) is 5.11. The summed E-state index contributed by atoms with van der Waals surface area (Å²) < 4.78 is 0. The molecule has 4 heteroatoms. The summed E-state index contributed by atoms with van der Waals surface area (Å²) in [7, 11) is 0. The zero-order valence-corrected chi connectivity index (χ0v) is 10.4. The molecule has 78 valence electrons. The third-order valence-corrected chi connectivity index (χ3v) is 2.22. The van der Waals surface area contributed by atoms with Crippen LogP contribution in [-0.4, -0.2) is 20.8 Å². The van der Waals surface area contributed by atoms with E-state index in [1.807, 2.05) is 13.0 Å². The van der Waals surface area contributed by atoms with Crippen LogP contribution in [0, 0.1) is 6.92 Å². The summed E-state index contributed by atoms with van der Waals surface area (Å²) in [6, 6.07) is 2.31. The lowest BCUT2D eigenvalue weighted by Crippen LogP contribution is -2.19. The van der Waals surface area contributed by atoms with Crippen molar-refractivity contribution in [2.45, 2.75) is 38.1 Å². The van der Waals surface area contributed by atoms with Gasteiger partial charge in [-0.2, -0.15) is 0 Å². The van der Waals surface area contributed by atoms with Gasteiger partial charge in [-0.15, -0.1) is 0 Å². The molecule has 0 aliphatic rings. The predicted octanol–water partition coefficient (Wildman–Crippen LogP) is 2.76. The molecule has 1 aromatic rings. The van der Waals surface area contributed by atoms with Gasteiger partial charge in [-0.25, -0.2) is 9.97 Å². The highest BCUT2D eigenvalue weighted by Crippen LogP contribution is 2.11. The van der Waals surface area contributed by atoms with Gasteiger partial charge < -0.3 is 5.32 Å². The summed E-state index contributed by atoms with van der Waals surface area (Å²) in [4.78, 5) is 8.85. The number of hydrogen-bond acceptors (Lipinski definition) is 3. The Morgan fingerprint density at radius 2 is 2.21 bits per heavy atom. The van der Waals surface area contributed by atoms with E-state index in [1.165, 1.54) is 0 Å². The molecule has 0 radical (unpaired) electrons. The van der Waals surface area contributed by atoms with E-state index < -0.39 is 0 Å². The lowest BCUT2D eigenvalue weighted by atomic mass is 10.2. The number of hydrogen-bond donors (Lipinski definition) is 1. The molecular weight excluding hydrogens is 242 g/mol. The van der Waals surface area contributed by atoms with Crippen LogP contribution in [0.1, 0.15) is 26.1 Å². The number of aryl methyl sites for hydroxylation is 1. The molecule has 0 aliphatic heterocycles. The van der Waals surface area contributed by atoms with Gasteiger partial charge in [-0.3, -0.25) is 0 Å². The SMILES string of the molecule is Cc1nccc(NC(C)CC(C)Br)n1. The van der Waals surface area contributed by atoms with Gasteiger partial charge in [0.2, 0.25) is 0 Å². The standard InChI is InChI=1S/C10H16BrN3/c1-7(11)6-8(2)13-10-4-5-12-9(3)14-10/h4-5,7-8H,6H2,1-3H3,(H,12,13,14). The average Bonchev–Trinajstić information content (AvgIpc) is 2.01. The van der Waals surface area contributed by atoms with E-state index in [0.717, 1.165) is 18.1 Å². The summed E-state index contributed by atoms with van der Waals surface area (Å²) in [5, 5.41) is 3.33. The maximum absolute atomic E-state index is 4.28. The van der Waals surface area contributed by atoms with Crippen molar-refractivity contribution in [3.63, 3.8) is 0 Å². The Bertz CT molecular complexity index is 288. The number of nitrogens with one attached hydrogen (secondary N) is 1. The van der Waals surface area contributed by atoms with Crippen LogP contribution in [-0.2, 0) is 0 Å². The third kappa shape index (κ3) is 4.05. The van der Waals surface area contributed by atoms with E-state index in [-0.39, 0.29) is 0 Å². The van der Waals surface area contributed by atoms with Crippen molar-refractivity contribution in [2.75, 3.05) is 5.32 Å². The van der Waals surface area contributed by atoms with E-state index in [2.05, 4.69) is 45.1 Å². The van der Waals surface area contributed by atoms with Gasteiger partial charge in [0, 0.05) is 17.1 Å². The van der Waals surface area contributed by atoms with E-state index >= 15 is 0 Å². The Balaban J connectivity index is 2.51. The van der Waals surface area contributed by atoms with E-state index in [4.69, 9.17) is 0 Å². The minimum atomic E-state index is 0.415. The van der Waals surface area contributed by atoms with Gasteiger partial charge in [0.05, 0.1) is 0 Å². The fourth-order valence-electron chi connectivity index (χ4n) is 1.34. The highest BCUT2D eigenvalue weighted by molar-refractivity contribution is 9.09. The maximum atomic E-state index is 4.28. The number of aromatic nitrogens is 2. The number of alkyl halides is 1. The Kier molecular flexibility index (Phi) is 4.32. The first-order valence-corrected chi connectivity index (χ1v) is 5.69. The minimum Gasteiger partial charge on any atom is -0.367 e. The molecule has 1 aromatic heterocycles. The normalized spacial score (nSPS) is 14.9. The molecule has 0 saturated heterocycles. The largest absolute Gasteiger partial charge is 0.367 e. The summed E-state index contributed by atoms with van der Waals surface area (Å²) in [5.74, 6) is 1.70. The molecule has 1 heterocycles. The molecular formula is C10H16BrN3. The van der Waals surface area contributed by atoms with Crippen LogP contribution in [0.4, 0.5) is 5.82 Å². The van der Waals surface area contributed by atoms with Crippen molar-refractivity contribution in [2.24, 2.45) is 0 Å². The lowest BCUT2D eigenvalue weighted by molar-refractivity contribution is 0.704. The van der Waals surface area contributed by atoms with E-state index in [0.29, 0.717) is 10.9 Å². The number of halogens is 1. The molecule has 2 unspecified atom stereocenters. The first kappa shape index (κ1) is 11.4. The summed E-state index contributed by atoms with van der Waals surface area (Å²) >= 11 is 3.53. The maximum Gasteiger partial charge on any atom is 0.129 e. The van der Waals surface area contributed by atoms with Gasteiger partial charge >= 0.3 is 0 Å². The molecule has 1 N–H and O–H groups in total. The highest BCUT2D eigenvalue weighted by atomic mass is 79.9. The van der Waals surface area contributed by atoms with Crippen LogP contribution in [0.2, 0.25) is 0 Å². The lowest BCUT2D eigenvalue weighted by Gasteiger charge is -2.15. The van der Waals surface area contributed by atoms with Crippen molar-refractivity contribution < 1.29 is 0 Å². The first-order chi connectivity index (χ1) is 6.58. The Morgan fingerprint density at radius 1 is 1.50 bits per heavy atom. The van der Waals surface area contributed by atoms with Gasteiger partial charge in [0.1, 0.15) is 11.6 Å². The zero-order valence-electron chi connectivity index (χ0n) is 8.79. The van der Waals surface area contributed by atoms with Gasteiger partial charge in [-0.1, -0.05) is 22.9 Å². The summed E-state index contributed by atoms with van der Waals surface area (Å²) in [5.41, 5.74) is 0. The minimum absolute atomic E-state index is 0.415. The van der Waals surface area contributed by atoms with Crippen LogP contribution < -0.4 is 5.32 Å². The summed E-state index contributed by atoms with van der Waals surface area (Å²) in [6.45, 7) is 6.18. The number of anilines is 1. The van der Waals surface area contributed by atoms with Crippen LogP contribution in [0.5, 0.6) is 0 Å². The second kappa shape index (κ2) is 5.29. The van der Waals surface area contributed by atoms with Crippen LogP contribution in [0.3, 0.4) is 0 Å². The smallest absolute Gasteiger partial charge is 0.129 e. The topological polar surface area (TPSA) is 37.8 Å².